The maximum Gasteiger partial charge on any atom is 0.245 e. The maximum absolute atomic E-state index is 11.6. The Bertz CT molecular complexity index is 606. The smallest absolute Gasteiger partial charge is 0.245 e. The summed E-state index contributed by atoms with van der Waals surface area (Å²) in [6, 6.07) is 13.5. The number of hydrogen-bond donors (Lipinski definition) is 1. The first-order valence-electron chi connectivity index (χ1n) is 6.00. The molecular formula is C15H13ClN2OS. The van der Waals surface area contributed by atoms with E-state index in [1.54, 1.807) is 17.4 Å². The molecule has 0 atom stereocenters. The summed E-state index contributed by atoms with van der Waals surface area (Å²) in [5.74, 6) is -0.159. The van der Waals surface area contributed by atoms with Gasteiger partial charge in [-0.2, -0.15) is 5.10 Å². The van der Waals surface area contributed by atoms with E-state index in [1.807, 2.05) is 47.8 Å². The number of amides is 1. The molecule has 0 saturated heterocycles. The highest BCUT2D eigenvalue weighted by molar-refractivity contribution is 7.10. The van der Waals surface area contributed by atoms with E-state index >= 15 is 0 Å². The Hall–Kier alpha value is -1.91. The van der Waals surface area contributed by atoms with Crippen molar-refractivity contribution in [1.82, 2.24) is 5.43 Å². The van der Waals surface area contributed by atoms with Gasteiger partial charge in [-0.15, -0.1) is 11.3 Å². The zero-order chi connectivity index (χ0) is 14.2. The van der Waals surface area contributed by atoms with Gasteiger partial charge in [0, 0.05) is 4.88 Å². The summed E-state index contributed by atoms with van der Waals surface area (Å²) >= 11 is 7.55. The van der Waals surface area contributed by atoms with Crippen LogP contribution in [0.1, 0.15) is 10.4 Å². The van der Waals surface area contributed by atoms with Crippen LogP contribution in [0.25, 0.3) is 6.08 Å². The van der Waals surface area contributed by atoms with Crippen molar-refractivity contribution in [3.63, 3.8) is 0 Å². The number of nitrogens with zero attached hydrogens (tertiary/aromatic N) is 1. The number of thiophene rings is 1. The Kier molecular flexibility index (Phi) is 5.53. The molecule has 0 aliphatic heterocycles. The molecule has 0 unspecified atom stereocenters. The molecule has 0 aliphatic rings. The third kappa shape index (κ3) is 4.99. The second-order valence-corrected chi connectivity index (χ2v) is 5.46. The standard InChI is InChI=1S/C15H13ClN2OS/c16-13(9-12-5-2-1-3-6-12)11-17-18-15(19)10-14-7-4-8-20-14/h1-9,11H,10H2,(H,18,19). The van der Waals surface area contributed by atoms with Crippen LogP contribution in [0, 0.1) is 0 Å². The van der Waals surface area contributed by atoms with Gasteiger partial charge in [0.25, 0.3) is 0 Å². The summed E-state index contributed by atoms with van der Waals surface area (Å²) in [7, 11) is 0. The van der Waals surface area contributed by atoms with E-state index in [0.29, 0.717) is 11.5 Å². The highest BCUT2D eigenvalue weighted by Crippen LogP contribution is 2.09. The Balaban J connectivity index is 1.84. The van der Waals surface area contributed by atoms with Gasteiger partial charge in [0.2, 0.25) is 5.91 Å². The summed E-state index contributed by atoms with van der Waals surface area (Å²) in [6.45, 7) is 0. The largest absolute Gasteiger partial charge is 0.273 e. The SMILES string of the molecule is O=C(Cc1cccs1)NN=CC(Cl)=Cc1ccccc1. The van der Waals surface area contributed by atoms with E-state index in [-0.39, 0.29) is 5.91 Å². The monoisotopic (exact) mass is 304 g/mol. The fourth-order valence-corrected chi connectivity index (χ4v) is 2.40. The Morgan fingerprint density at radius 2 is 2.05 bits per heavy atom. The average molecular weight is 305 g/mol. The Labute approximate surface area is 126 Å². The fraction of sp³-hybridized carbons (Fsp3) is 0.0667. The maximum atomic E-state index is 11.6. The van der Waals surface area contributed by atoms with Crippen molar-refractivity contribution >= 4 is 41.1 Å². The molecule has 3 nitrogen and oxygen atoms in total. The first-order chi connectivity index (χ1) is 9.74. The topological polar surface area (TPSA) is 41.5 Å². The van der Waals surface area contributed by atoms with E-state index in [0.717, 1.165) is 10.4 Å². The minimum absolute atomic E-state index is 0.159. The molecule has 102 valence electrons. The number of carbonyl (C=O) groups excluding carboxylic acids is 1. The van der Waals surface area contributed by atoms with E-state index in [2.05, 4.69) is 10.5 Å². The Morgan fingerprint density at radius 3 is 2.75 bits per heavy atom. The highest BCUT2D eigenvalue weighted by Gasteiger charge is 2.02. The second kappa shape index (κ2) is 7.62. The molecule has 2 rings (SSSR count). The third-order valence-electron chi connectivity index (χ3n) is 2.40. The van der Waals surface area contributed by atoms with Gasteiger partial charge < -0.3 is 0 Å². The van der Waals surface area contributed by atoms with Gasteiger partial charge in [-0.3, -0.25) is 4.79 Å². The molecule has 5 heteroatoms. The fourth-order valence-electron chi connectivity index (χ4n) is 1.52. The summed E-state index contributed by atoms with van der Waals surface area (Å²) in [6.07, 6.45) is 3.52. The van der Waals surface area contributed by atoms with Crippen LogP contribution in [0.5, 0.6) is 0 Å². The molecule has 0 bridgehead atoms. The zero-order valence-electron chi connectivity index (χ0n) is 10.6. The van der Waals surface area contributed by atoms with Crippen LogP contribution < -0.4 is 5.43 Å². The number of halogens is 1. The van der Waals surface area contributed by atoms with Gasteiger partial charge in [0.1, 0.15) is 0 Å². The van der Waals surface area contributed by atoms with Crippen LogP contribution in [-0.2, 0) is 11.2 Å². The number of hydrogen-bond acceptors (Lipinski definition) is 3. The molecule has 1 aromatic heterocycles. The van der Waals surface area contributed by atoms with Gasteiger partial charge in [0.05, 0.1) is 17.7 Å². The van der Waals surface area contributed by atoms with Crippen molar-refractivity contribution in [2.45, 2.75) is 6.42 Å². The minimum Gasteiger partial charge on any atom is -0.273 e. The molecule has 0 fully saturated rings. The molecule has 0 radical (unpaired) electrons. The predicted octanol–water partition coefficient (Wildman–Crippen LogP) is 3.67. The first kappa shape index (κ1) is 14.5. The van der Waals surface area contributed by atoms with Crippen LogP contribution in [0.15, 0.2) is 58.0 Å². The highest BCUT2D eigenvalue weighted by atomic mass is 35.5. The summed E-state index contributed by atoms with van der Waals surface area (Å²) in [5, 5.41) is 6.22. The van der Waals surface area contributed by atoms with Crippen molar-refractivity contribution in [3.05, 3.63) is 63.3 Å². The normalized spacial score (nSPS) is 11.8. The lowest BCUT2D eigenvalue weighted by molar-refractivity contribution is -0.120. The lowest BCUT2D eigenvalue weighted by Crippen LogP contribution is -2.19. The van der Waals surface area contributed by atoms with Crippen LogP contribution in [0.4, 0.5) is 0 Å². The molecule has 2 aromatic rings. The number of benzene rings is 1. The second-order valence-electron chi connectivity index (χ2n) is 3.99. The molecule has 1 aromatic carbocycles. The van der Waals surface area contributed by atoms with Gasteiger partial charge in [-0.05, 0) is 23.1 Å². The Morgan fingerprint density at radius 1 is 1.25 bits per heavy atom. The van der Waals surface area contributed by atoms with Crippen molar-refractivity contribution < 1.29 is 4.79 Å². The van der Waals surface area contributed by atoms with Crippen LogP contribution in [0.3, 0.4) is 0 Å². The average Bonchev–Trinajstić information content (AvgIpc) is 2.92. The molecule has 1 heterocycles. The number of carbonyl (C=O) groups is 1. The zero-order valence-corrected chi connectivity index (χ0v) is 12.2. The van der Waals surface area contributed by atoms with Crippen LogP contribution in [-0.4, -0.2) is 12.1 Å². The van der Waals surface area contributed by atoms with Crippen molar-refractivity contribution in [3.8, 4) is 0 Å². The van der Waals surface area contributed by atoms with E-state index in [1.165, 1.54) is 6.21 Å². The molecule has 1 N–H and O–H groups in total. The number of hydrazone groups is 1. The molecule has 0 aliphatic carbocycles. The van der Waals surface area contributed by atoms with Gasteiger partial charge >= 0.3 is 0 Å². The van der Waals surface area contributed by atoms with Crippen molar-refractivity contribution in [1.29, 1.82) is 0 Å². The summed E-state index contributed by atoms with van der Waals surface area (Å²) < 4.78 is 0. The van der Waals surface area contributed by atoms with Gasteiger partial charge in [0.15, 0.2) is 0 Å². The first-order valence-corrected chi connectivity index (χ1v) is 7.26. The lowest BCUT2D eigenvalue weighted by atomic mass is 10.2. The molecule has 20 heavy (non-hydrogen) atoms. The van der Waals surface area contributed by atoms with Gasteiger partial charge in [-0.1, -0.05) is 48.0 Å². The van der Waals surface area contributed by atoms with Gasteiger partial charge in [-0.25, -0.2) is 5.43 Å². The lowest BCUT2D eigenvalue weighted by Gasteiger charge is -1.97. The van der Waals surface area contributed by atoms with E-state index in [9.17, 15) is 4.79 Å². The number of nitrogens with one attached hydrogen (secondary N) is 1. The van der Waals surface area contributed by atoms with Crippen LogP contribution >= 0.6 is 22.9 Å². The summed E-state index contributed by atoms with van der Waals surface area (Å²) in [4.78, 5) is 12.6. The quantitative estimate of drug-likeness (QED) is 0.664. The van der Waals surface area contributed by atoms with Crippen molar-refractivity contribution in [2.75, 3.05) is 0 Å². The molecular weight excluding hydrogens is 292 g/mol. The molecule has 0 saturated carbocycles. The number of allylic oxidation sites excluding steroid dienone is 1. The molecule has 0 spiro atoms. The molecule has 1 amide bonds. The van der Waals surface area contributed by atoms with Crippen LogP contribution in [0.2, 0.25) is 0 Å². The predicted molar refractivity (Wildman–Crippen MR) is 84.9 cm³/mol. The minimum atomic E-state index is -0.159. The van der Waals surface area contributed by atoms with Crippen molar-refractivity contribution in [2.24, 2.45) is 5.10 Å². The summed E-state index contributed by atoms with van der Waals surface area (Å²) in [5.41, 5.74) is 3.43. The van der Waals surface area contributed by atoms with E-state index < -0.39 is 0 Å². The third-order valence-corrected chi connectivity index (χ3v) is 3.48. The van der Waals surface area contributed by atoms with E-state index in [4.69, 9.17) is 11.6 Å². The number of rotatable bonds is 5.